The molecule has 0 aromatic carbocycles. The average molecular weight is 320 g/mol. The van der Waals surface area contributed by atoms with Crippen molar-refractivity contribution in [1.29, 1.82) is 0 Å². The maximum absolute atomic E-state index is 11.6. The lowest BCUT2D eigenvalue weighted by atomic mass is 9.90. The van der Waals surface area contributed by atoms with Gasteiger partial charge < -0.3 is 15.0 Å². The lowest BCUT2D eigenvalue weighted by Crippen LogP contribution is -2.53. The van der Waals surface area contributed by atoms with Crippen molar-refractivity contribution in [3.8, 4) is 0 Å². The van der Waals surface area contributed by atoms with Crippen molar-refractivity contribution in [3.63, 3.8) is 0 Å². The van der Waals surface area contributed by atoms with Crippen LogP contribution in [0.4, 0.5) is 0 Å². The number of nitrogens with one attached hydrogen (secondary N) is 1. The van der Waals surface area contributed by atoms with Crippen molar-refractivity contribution >= 4 is 5.91 Å². The Kier molecular flexibility index (Phi) is 6.95. The molecule has 1 aromatic heterocycles. The highest BCUT2D eigenvalue weighted by atomic mass is 16.5. The van der Waals surface area contributed by atoms with Crippen molar-refractivity contribution in [3.05, 3.63) is 30.1 Å². The first kappa shape index (κ1) is 17.8. The predicted molar refractivity (Wildman–Crippen MR) is 90.0 cm³/mol. The van der Waals surface area contributed by atoms with E-state index in [9.17, 15) is 4.79 Å². The number of aromatic nitrogens is 1. The quantitative estimate of drug-likeness (QED) is 0.797. The van der Waals surface area contributed by atoms with Crippen LogP contribution < -0.4 is 5.32 Å². The normalized spacial score (nSPS) is 22.3. The van der Waals surface area contributed by atoms with Crippen LogP contribution in [0.1, 0.15) is 12.0 Å². The summed E-state index contributed by atoms with van der Waals surface area (Å²) < 4.78 is 4.87. The second-order valence-electron chi connectivity index (χ2n) is 6.41. The van der Waals surface area contributed by atoms with E-state index < -0.39 is 0 Å². The van der Waals surface area contributed by atoms with Gasteiger partial charge in [-0.3, -0.25) is 14.7 Å². The van der Waals surface area contributed by atoms with E-state index in [2.05, 4.69) is 46.3 Å². The van der Waals surface area contributed by atoms with E-state index in [1.807, 2.05) is 12.4 Å². The molecule has 0 aliphatic carbocycles. The summed E-state index contributed by atoms with van der Waals surface area (Å²) >= 11 is 0. The number of ether oxygens (including phenoxy) is 1. The van der Waals surface area contributed by atoms with Crippen LogP contribution in [0.25, 0.3) is 0 Å². The molecule has 1 aromatic rings. The Morgan fingerprint density at radius 3 is 2.83 bits per heavy atom. The van der Waals surface area contributed by atoms with E-state index in [4.69, 9.17) is 4.74 Å². The molecule has 1 aliphatic rings. The lowest BCUT2D eigenvalue weighted by Gasteiger charge is -2.42. The van der Waals surface area contributed by atoms with Crippen LogP contribution >= 0.6 is 0 Å². The minimum Gasteiger partial charge on any atom is -0.375 e. The summed E-state index contributed by atoms with van der Waals surface area (Å²) in [5, 5.41) is 2.99. The second kappa shape index (κ2) is 8.96. The second-order valence-corrected chi connectivity index (χ2v) is 6.41. The highest BCUT2D eigenvalue weighted by molar-refractivity contribution is 5.77. The summed E-state index contributed by atoms with van der Waals surface area (Å²) in [7, 11) is 5.77. The Labute approximate surface area is 138 Å². The highest BCUT2D eigenvalue weighted by Gasteiger charge is 2.30. The van der Waals surface area contributed by atoms with Crippen LogP contribution in [-0.2, 0) is 16.1 Å². The maximum Gasteiger partial charge on any atom is 0.245 e. The van der Waals surface area contributed by atoms with Gasteiger partial charge in [0.25, 0.3) is 0 Å². The number of likely N-dealkylation sites (tertiary alicyclic amines) is 1. The minimum atomic E-state index is -0.0378. The van der Waals surface area contributed by atoms with E-state index in [-0.39, 0.29) is 12.5 Å². The zero-order valence-corrected chi connectivity index (χ0v) is 14.4. The van der Waals surface area contributed by atoms with Crippen LogP contribution in [0.2, 0.25) is 0 Å². The number of pyridine rings is 1. The van der Waals surface area contributed by atoms with E-state index in [1.165, 1.54) is 5.56 Å². The number of carbonyl (C=O) groups is 1. The van der Waals surface area contributed by atoms with E-state index in [0.717, 1.165) is 26.1 Å². The molecule has 1 saturated heterocycles. The van der Waals surface area contributed by atoms with Gasteiger partial charge >= 0.3 is 0 Å². The zero-order chi connectivity index (χ0) is 16.7. The Balaban J connectivity index is 1.88. The molecule has 6 nitrogen and oxygen atoms in total. The molecule has 2 atom stereocenters. The van der Waals surface area contributed by atoms with Crippen LogP contribution in [-0.4, -0.2) is 74.2 Å². The van der Waals surface area contributed by atoms with Crippen LogP contribution in [0, 0.1) is 5.92 Å². The van der Waals surface area contributed by atoms with Gasteiger partial charge in [-0.25, -0.2) is 0 Å². The van der Waals surface area contributed by atoms with Gasteiger partial charge in [-0.2, -0.15) is 0 Å². The third-order valence-corrected chi connectivity index (χ3v) is 4.46. The fourth-order valence-electron chi connectivity index (χ4n) is 3.19. The number of piperidine rings is 1. The molecular formula is C17H28N4O2. The maximum atomic E-state index is 11.6. The summed E-state index contributed by atoms with van der Waals surface area (Å²) in [6.07, 6.45) is 4.77. The fourth-order valence-corrected chi connectivity index (χ4v) is 3.19. The van der Waals surface area contributed by atoms with Gasteiger partial charge in [-0.15, -0.1) is 0 Å². The molecule has 23 heavy (non-hydrogen) atoms. The molecule has 128 valence electrons. The molecule has 0 unspecified atom stereocenters. The molecule has 1 aliphatic heterocycles. The third-order valence-electron chi connectivity index (χ3n) is 4.46. The number of carbonyl (C=O) groups excluding carboxylic acids is 1. The Morgan fingerprint density at radius 1 is 1.43 bits per heavy atom. The molecule has 0 bridgehead atoms. The van der Waals surface area contributed by atoms with Gasteiger partial charge in [0.1, 0.15) is 6.61 Å². The molecule has 0 radical (unpaired) electrons. The van der Waals surface area contributed by atoms with E-state index >= 15 is 0 Å². The van der Waals surface area contributed by atoms with Gasteiger partial charge in [0.15, 0.2) is 0 Å². The van der Waals surface area contributed by atoms with Gasteiger partial charge in [0.05, 0.1) is 0 Å². The van der Waals surface area contributed by atoms with Crippen molar-refractivity contribution in [2.75, 3.05) is 47.4 Å². The summed E-state index contributed by atoms with van der Waals surface area (Å²) in [5.41, 5.74) is 1.30. The summed E-state index contributed by atoms with van der Waals surface area (Å²) in [6.45, 7) is 3.87. The minimum absolute atomic E-state index is 0.0378. The first-order chi connectivity index (χ1) is 11.1. The van der Waals surface area contributed by atoms with Crippen molar-refractivity contribution in [2.45, 2.75) is 19.0 Å². The lowest BCUT2D eigenvalue weighted by molar-refractivity contribution is -0.125. The molecule has 6 heteroatoms. The Morgan fingerprint density at radius 2 is 2.17 bits per heavy atom. The monoisotopic (exact) mass is 320 g/mol. The van der Waals surface area contributed by atoms with Gasteiger partial charge in [0.2, 0.25) is 5.91 Å². The van der Waals surface area contributed by atoms with Crippen molar-refractivity contribution < 1.29 is 9.53 Å². The van der Waals surface area contributed by atoms with Crippen LogP contribution in [0.5, 0.6) is 0 Å². The smallest absolute Gasteiger partial charge is 0.245 e. The van der Waals surface area contributed by atoms with E-state index in [0.29, 0.717) is 18.5 Å². The van der Waals surface area contributed by atoms with Gasteiger partial charge in [0, 0.05) is 45.2 Å². The zero-order valence-electron chi connectivity index (χ0n) is 14.4. The SMILES string of the molecule is COCC(=O)NC[C@H]1CCN(Cc2ccncc2)C[C@H]1N(C)C. The van der Waals surface area contributed by atoms with E-state index in [1.54, 1.807) is 7.11 Å². The molecule has 2 heterocycles. The molecule has 1 amide bonds. The molecule has 0 spiro atoms. The fraction of sp³-hybridized carbons (Fsp3) is 0.647. The van der Waals surface area contributed by atoms with Gasteiger partial charge in [-0.1, -0.05) is 0 Å². The summed E-state index contributed by atoms with van der Waals surface area (Å²) in [6, 6.07) is 4.58. The number of amides is 1. The predicted octanol–water partition coefficient (Wildman–Crippen LogP) is 0.596. The number of hydrogen-bond donors (Lipinski definition) is 1. The number of rotatable bonds is 7. The molecule has 1 fully saturated rings. The number of likely N-dealkylation sites (N-methyl/N-ethyl adjacent to an activating group) is 1. The summed E-state index contributed by atoms with van der Waals surface area (Å²) in [5.74, 6) is 0.434. The highest BCUT2D eigenvalue weighted by Crippen LogP contribution is 2.22. The van der Waals surface area contributed by atoms with Crippen molar-refractivity contribution in [1.82, 2.24) is 20.1 Å². The molecular weight excluding hydrogens is 292 g/mol. The first-order valence-corrected chi connectivity index (χ1v) is 8.13. The third kappa shape index (κ3) is 5.57. The summed E-state index contributed by atoms with van der Waals surface area (Å²) in [4.78, 5) is 20.4. The number of nitrogens with zero attached hydrogens (tertiary/aromatic N) is 3. The number of hydrogen-bond acceptors (Lipinski definition) is 5. The van der Waals surface area contributed by atoms with Crippen molar-refractivity contribution in [2.24, 2.45) is 5.92 Å². The number of methoxy groups -OCH3 is 1. The largest absolute Gasteiger partial charge is 0.375 e. The Bertz CT molecular complexity index is 481. The molecule has 1 N–H and O–H groups in total. The van der Waals surface area contributed by atoms with Crippen LogP contribution in [0.3, 0.4) is 0 Å². The first-order valence-electron chi connectivity index (χ1n) is 8.13. The van der Waals surface area contributed by atoms with Crippen LogP contribution in [0.15, 0.2) is 24.5 Å². The topological polar surface area (TPSA) is 57.7 Å². The molecule has 0 saturated carbocycles. The van der Waals surface area contributed by atoms with Gasteiger partial charge in [-0.05, 0) is 50.7 Å². The Hall–Kier alpha value is -1.50. The molecule has 2 rings (SSSR count). The standard InChI is InChI=1S/C17H28N4O2/c1-20(2)16-12-21(11-14-4-7-18-8-5-14)9-6-15(16)10-19-17(22)13-23-3/h4-5,7-8,15-16H,6,9-13H2,1-3H3,(H,19,22)/t15-,16-/m1/s1. The average Bonchev–Trinajstić information content (AvgIpc) is 2.54.